The number of hydrogen-bond acceptors (Lipinski definition) is 8. The Bertz CT molecular complexity index is 838. The Labute approximate surface area is 166 Å². The van der Waals surface area contributed by atoms with Crippen LogP contribution in [-0.4, -0.2) is 81.7 Å². The van der Waals surface area contributed by atoms with Gasteiger partial charge in [-0.1, -0.05) is 0 Å². The number of rotatable bonds is 4. The molecule has 6 N–H and O–H groups in total. The molecule has 1 aliphatic heterocycles. The summed E-state index contributed by atoms with van der Waals surface area (Å²) in [6.07, 6.45) is 0. The van der Waals surface area contributed by atoms with Gasteiger partial charge in [-0.15, -0.1) is 0 Å². The molecule has 1 amide bonds. The van der Waals surface area contributed by atoms with Gasteiger partial charge in [0.05, 0.1) is 12.3 Å². The van der Waals surface area contributed by atoms with Gasteiger partial charge in [0.25, 0.3) is 12.4 Å². The zero-order valence-electron chi connectivity index (χ0n) is 15.7. The van der Waals surface area contributed by atoms with E-state index in [1.165, 1.54) is 18.2 Å². The first-order valence-electron chi connectivity index (χ1n) is 8.79. The van der Waals surface area contributed by atoms with E-state index in [0.717, 1.165) is 0 Å². The highest BCUT2D eigenvalue weighted by Crippen LogP contribution is 2.23. The van der Waals surface area contributed by atoms with Gasteiger partial charge in [-0.05, 0) is 18.2 Å². The largest absolute Gasteiger partial charge is 0.483 e. The molecule has 2 aromatic rings. The number of nitrogens with two attached hydrogens (primary N) is 2. The number of carbonyl (C=O) groups excluding carboxylic acids is 1. The van der Waals surface area contributed by atoms with Crippen molar-refractivity contribution in [1.29, 1.82) is 0 Å². The molecule has 0 unspecified atom stereocenters. The highest BCUT2D eigenvalue weighted by Gasteiger charge is 2.23. The minimum absolute atomic E-state index is 0.0165. The van der Waals surface area contributed by atoms with Crippen molar-refractivity contribution in [2.75, 3.05) is 50.8 Å². The number of anilines is 2. The molecule has 0 radical (unpaired) electrons. The Hall–Kier alpha value is -3.31. The molecule has 3 rings (SSSR count). The number of β-amino-alcohol motifs (C(OH)–C–C–N with tert-alkyl or cyclic N) is 1. The predicted octanol–water partition coefficient (Wildman–Crippen LogP) is -0.102. The Morgan fingerprint density at radius 1 is 1.14 bits per heavy atom. The monoisotopic (exact) mass is 406 g/mol. The molecule has 2 heterocycles. The summed E-state index contributed by atoms with van der Waals surface area (Å²) < 4.78 is 14.1. The van der Waals surface area contributed by atoms with Gasteiger partial charge in [-0.25, -0.2) is 9.37 Å². The molecule has 1 aliphatic rings. The van der Waals surface area contributed by atoms with Crippen molar-refractivity contribution in [3.05, 3.63) is 35.6 Å². The molecule has 0 aliphatic carbocycles. The molecular weight excluding hydrogens is 383 g/mol. The van der Waals surface area contributed by atoms with Crippen molar-refractivity contribution >= 4 is 24.1 Å². The zero-order valence-corrected chi connectivity index (χ0v) is 15.7. The molecule has 11 heteroatoms. The topological polar surface area (TPSA) is 159 Å². The summed E-state index contributed by atoms with van der Waals surface area (Å²) >= 11 is 0. The van der Waals surface area contributed by atoms with Gasteiger partial charge >= 0.3 is 0 Å². The summed E-state index contributed by atoms with van der Waals surface area (Å²) in [4.78, 5) is 32.7. The number of carbonyl (C=O) groups is 2. The van der Waals surface area contributed by atoms with Crippen molar-refractivity contribution in [2.24, 2.45) is 0 Å². The number of aliphatic hydroxyl groups excluding tert-OH is 1. The second kappa shape index (κ2) is 10.3. The summed E-state index contributed by atoms with van der Waals surface area (Å²) in [7, 11) is 0. The molecule has 0 bridgehead atoms. The summed E-state index contributed by atoms with van der Waals surface area (Å²) in [5.41, 5.74) is 12.3. The summed E-state index contributed by atoms with van der Waals surface area (Å²) in [5.74, 6) is -0.633. The predicted molar refractivity (Wildman–Crippen MR) is 104 cm³/mol. The van der Waals surface area contributed by atoms with Gasteiger partial charge in [-0.2, -0.15) is 4.98 Å². The van der Waals surface area contributed by atoms with Crippen LogP contribution in [-0.2, 0) is 4.79 Å². The molecule has 10 nitrogen and oxygen atoms in total. The minimum Gasteiger partial charge on any atom is -0.483 e. The minimum atomic E-state index is -0.541. The van der Waals surface area contributed by atoms with E-state index in [2.05, 4.69) is 14.9 Å². The fourth-order valence-electron chi connectivity index (χ4n) is 2.99. The van der Waals surface area contributed by atoms with Crippen LogP contribution in [0.1, 0.15) is 10.4 Å². The smallest absolute Gasteiger partial charge is 0.290 e. The lowest BCUT2D eigenvalue weighted by Gasteiger charge is -2.34. The van der Waals surface area contributed by atoms with Crippen molar-refractivity contribution in [1.82, 2.24) is 19.8 Å². The third kappa shape index (κ3) is 6.09. The van der Waals surface area contributed by atoms with Crippen LogP contribution in [0.3, 0.4) is 0 Å². The molecule has 0 saturated carbocycles. The van der Waals surface area contributed by atoms with Crippen LogP contribution in [0.4, 0.5) is 16.2 Å². The number of aromatic nitrogens is 2. The number of amides is 1. The molecule has 1 fully saturated rings. The van der Waals surface area contributed by atoms with Gasteiger partial charge < -0.3 is 26.6 Å². The van der Waals surface area contributed by atoms with Crippen LogP contribution >= 0.6 is 0 Å². The number of hydrogen-bond donors (Lipinski definition) is 4. The van der Waals surface area contributed by atoms with Gasteiger partial charge in [0, 0.05) is 49.9 Å². The third-order valence-corrected chi connectivity index (χ3v) is 4.28. The van der Waals surface area contributed by atoms with E-state index in [0.29, 0.717) is 44.0 Å². The van der Waals surface area contributed by atoms with E-state index in [1.54, 1.807) is 11.0 Å². The first kappa shape index (κ1) is 22.0. The molecule has 0 spiro atoms. The van der Waals surface area contributed by atoms with Crippen LogP contribution in [0.2, 0.25) is 0 Å². The standard InChI is InChI=1S/C17H21FN6O2.CH2O2/c18-13-8-11(14-10-15(19)22-17(20)21-14)7-12(9-13)16(26)24-3-1-23(2-4-24)5-6-25;2-1-3/h7-10,25H,1-6H2,(H4,19,20,21,22);1H,(H,2,3). The molecule has 1 aromatic heterocycles. The Balaban J connectivity index is 0.000000941. The quantitative estimate of drug-likeness (QED) is 0.508. The molecule has 1 aromatic carbocycles. The number of nitrogen functional groups attached to an aromatic ring is 2. The summed E-state index contributed by atoms with van der Waals surface area (Å²) in [6, 6.07) is 5.54. The molecule has 1 saturated heterocycles. The van der Waals surface area contributed by atoms with E-state index in [9.17, 15) is 9.18 Å². The third-order valence-electron chi connectivity index (χ3n) is 4.28. The Kier molecular flexibility index (Phi) is 7.80. The van der Waals surface area contributed by atoms with Gasteiger partial charge in [-0.3, -0.25) is 14.5 Å². The van der Waals surface area contributed by atoms with Gasteiger partial charge in [0.15, 0.2) is 0 Å². The number of halogens is 1. The lowest BCUT2D eigenvalue weighted by atomic mass is 10.1. The second-order valence-electron chi connectivity index (χ2n) is 6.23. The maximum Gasteiger partial charge on any atom is 0.290 e. The lowest BCUT2D eigenvalue weighted by Crippen LogP contribution is -2.49. The highest BCUT2D eigenvalue weighted by molar-refractivity contribution is 5.95. The highest BCUT2D eigenvalue weighted by atomic mass is 19.1. The van der Waals surface area contributed by atoms with Crippen LogP contribution < -0.4 is 11.5 Å². The molecule has 156 valence electrons. The number of benzene rings is 1. The average Bonchev–Trinajstić information content (AvgIpc) is 2.68. The van der Waals surface area contributed by atoms with Crippen molar-refractivity contribution in [3.8, 4) is 11.3 Å². The maximum atomic E-state index is 14.1. The first-order valence-corrected chi connectivity index (χ1v) is 8.79. The van der Waals surface area contributed by atoms with Crippen LogP contribution in [0.15, 0.2) is 24.3 Å². The normalized spacial score (nSPS) is 14.1. The maximum absolute atomic E-state index is 14.1. The van der Waals surface area contributed by atoms with E-state index in [1.807, 2.05) is 0 Å². The molecule has 29 heavy (non-hydrogen) atoms. The zero-order chi connectivity index (χ0) is 21.4. The van der Waals surface area contributed by atoms with Crippen LogP contribution in [0.25, 0.3) is 11.3 Å². The summed E-state index contributed by atoms with van der Waals surface area (Å²) in [6.45, 7) is 2.83. The van der Waals surface area contributed by atoms with E-state index in [-0.39, 0.29) is 36.3 Å². The number of aliphatic hydroxyl groups is 1. The summed E-state index contributed by atoms with van der Waals surface area (Å²) in [5, 5.41) is 15.9. The first-order chi connectivity index (χ1) is 13.9. The fourth-order valence-corrected chi connectivity index (χ4v) is 2.99. The van der Waals surface area contributed by atoms with Crippen molar-refractivity contribution in [2.45, 2.75) is 0 Å². The molecule has 0 atom stereocenters. The fraction of sp³-hybridized carbons (Fsp3) is 0.333. The number of piperazine rings is 1. The second-order valence-corrected chi connectivity index (χ2v) is 6.23. The van der Waals surface area contributed by atoms with Gasteiger partial charge in [0.1, 0.15) is 11.6 Å². The molecular formula is C18H23FN6O4. The van der Waals surface area contributed by atoms with Crippen LogP contribution in [0, 0.1) is 5.82 Å². The Morgan fingerprint density at radius 3 is 2.38 bits per heavy atom. The lowest BCUT2D eigenvalue weighted by molar-refractivity contribution is -0.122. The van der Waals surface area contributed by atoms with E-state index in [4.69, 9.17) is 26.5 Å². The van der Waals surface area contributed by atoms with Crippen LogP contribution in [0.5, 0.6) is 0 Å². The number of carboxylic acid groups (broad SMARTS) is 1. The van der Waals surface area contributed by atoms with Crippen molar-refractivity contribution in [3.63, 3.8) is 0 Å². The van der Waals surface area contributed by atoms with Gasteiger partial charge in [0.2, 0.25) is 5.95 Å². The average molecular weight is 406 g/mol. The van der Waals surface area contributed by atoms with E-state index >= 15 is 0 Å². The SMILES string of the molecule is Nc1cc(-c2cc(F)cc(C(=O)N3CCN(CCO)CC3)c2)nc(N)n1.O=CO. The van der Waals surface area contributed by atoms with Crippen molar-refractivity contribution < 1.29 is 24.2 Å². The number of nitrogens with zero attached hydrogens (tertiary/aromatic N) is 4. The van der Waals surface area contributed by atoms with E-state index < -0.39 is 5.82 Å². The Morgan fingerprint density at radius 2 is 1.79 bits per heavy atom.